The fourth-order valence-electron chi connectivity index (χ4n) is 3.60. The first-order chi connectivity index (χ1) is 14.6. The van der Waals surface area contributed by atoms with E-state index >= 15 is 0 Å². The average Bonchev–Trinajstić information content (AvgIpc) is 3.35. The van der Waals surface area contributed by atoms with Crippen molar-refractivity contribution in [3.05, 3.63) is 83.9 Å². The summed E-state index contributed by atoms with van der Waals surface area (Å²) in [4.78, 5) is 3.34. The molecule has 4 rings (SSSR count). The molecule has 0 amide bonds. The zero-order valence-electron chi connectivity index (χ0n) is 18.1. The monoisotopic (exact) mass is 474 g/mol. The molecule has 30 heavy (non-hydrogen) atoms. The second kappa shape index (κ2) is 14.0. The number of aryl methyl sites for hydroxylation is 2. The molecule has 0 heterocycles. The van der Waals surface area contributed by atoms with Crippen molar-refractivity contribution in [3.63, 3.8) is 0 Å². The molecular formula is C27H32Cl2Ti-2. The van der Waals surface area contributed by atoms with Gasteiger partial charge < -0.3 is 0 Å². The molecule has 160 valence electrons. The van der Waals surface area contributed by atoms with Gasteiger partial charge in [0.25, 0.3) is 0 Å². The predicted molar refractivity (Wildman–Crippen MR) is 135 cm³/mol. The van der Waals surface area contributed by atoms with E-state index in [1.54, 1.807) is 0 Å². The summed E-state index contributed by atoms with van der Waals surface area (Å²) in [5.74, 6) is 0. The summed E-state index contributed by atoms with van der Waals surface area (Å²) >= 11 is -1.64. The van der Waals surface area contributed by atoms with Crippen molar-refractivity contribution in [1.82, 2.24) is 0 Å². The Hall–Kier alpha value is -1.18. The first-order valence-corrected chi connectivity index (χ1v) is 16.2. The SMILES string of the molecule is CCCCc1c[cH-]c2ccccc12.CCCCc1c[cH-]c2ccccc12.[CH2]=[Ti]([Cl])[Cl]. The zero-order chi connectivity index (χ0) is 21.8. The second-order valence-electron chi connectivity index (χ2n) is 7.44. The van der Waals surface area contributed by atoms with Crippen LogP contribution in [0.2, 0.25) is 0 Å². The van der Waals surface area contributed by atoms with E-state index in [0.29, 0.717) is 0 Å². The predicted octanol–water partition coefficient (Wildman–Crippen LogP) is 9.15. The summed E-state index contributed by atoms with van der Waals surface area (Å²) in [6, 6.07) is 26.2. The van der Waals surface area contributed by atoms with Gasteiger partial charge >= 0.3 is 38.7 Å². The molecule has 0 aliphatic rings. The van der Waals surface area contributed by atoms with Gasteiger partial charge in [-0.2, -0.15) is 11.1 Å². The summed E-state index contributed by atoms with van der Waals surface area (Å²) < 4.78 is 0. The summed E-state index contributed by atoms with van der Waals surface area (Å²) in [5, 5.41) is 5.65. The maximum atomic E-state index is 5.10. The first-order valence-electron chi connectivity index (χ1n) is 10.8. The van der Waals surface area contributed by atoms with Crippen LogP contribution in [0.4, 0.5) is 0 Å². The molecule has 4 aromatic rings. The molecule has 0 bridgehead atoms. The van der Waals surface area contributed by atoms with Gasteiger partial charge in [0.15, 0.2) is 0 Å². The minimum atomic E-state index is -1.64. The van der Waals surface area contributed by atoms with Crippen LogP contribution in [-0.2, 0) is 28.1 Å². The molecule has 0 aromatic heterocycles. The Morgan fingerprint density at radius 3 is 1.47 bits per heavy atom. The van der Waals surface area contributed by atoms with Crippen molar-refractivity contribution in [1.29, 1.82) is 0 Å². The van der Waals surface area contributed by atoms with Crippen molar-refractivity contribution in [3.8, 4) is 0 Å². The maximum absolute atomic E-state index is 5.10. The number of benzene rings is 2. The standard InChI is InChI=1S/2C13H15.CH2.2ClH.Ti/c2*1-2-3-6-11-9-10-12-7-4-5-8-13(11)12;;;;/h2*4-5,7-10H,2-3,6H2,1H3;1H2;2*1H;/q2*-1;;;;+2/p-2. The van der Waals surface area contributed by atoms with Gasteiger partial charge in [-0.05, 0) is 0 Å². The van der Waals surface area contributed by atoms with Crippen molar-refractivity contribution in [2.75, 3.05) is 0 Å². The number of rotatable bonds is 6. The quantitative estimate of drug-likeness (QED) is 0.193. The van der Waals surface area contributed by atoms with Crippen LogP contribution < -0.4 is 0 Å². The molecule has 0 saturated carbocycles. The van der Waals surface area contributed by atoms with E-state index in [1.165, 1.54) is 71.2 Å². The normalized spacial score (nSPS) is 10.3. The molecule has 0 N–H and O–H groups in total. The van der Waals surface area contributed by atoms with Crippen LogP contribution >= 0.6 is 18.6 Å². The number of hydrogen-bond donors (Lipinski definition) is 0. The van der Waals surface area contributed by atoms with Crippen LogP contribution in [0.25, 0.3) is 21.5 Å². The number of unbranched alkanes of at least 4 members (excludes halogenated alkanes) is 2. The third-order valence-corrected chi connectivity index (χ3v) is 5.14. The Morgan fingerprint density at radius 1 is 0.733 bits per heavy atom. The van der Waals surface area contributed by atoms with Crippen LogP contribution in [0.1, 0.15) is 50.7 Å². The van der Waals surface area contributed by atoms with Crippen LogP contribution in [0.3, 0.4) is 0 Å². The molecule has 0 nitrogen and oxygen atoms in total. The van der Waals surface area contributed by atoms with Crippen molar-refractivity contribution in [2.45, 2.75) is 52.4 Å². The van der Waals surface area contributed by atoms with E-state index in [9.17, 15) is 0 Å². The van der Waals surface area contributed by atoms with Gasteiger partial charge in [-0.25, -0.2) is 0 Å². The molecule has 4 aromatic carbocycles. The first kappa shape index (κ1) is 25.1. The van der Waals surface area contributed by atoms with Crippen molar-refractivity contribution in [2.24, 2.45) is 0 Å². The number of hydrogen-bond acceptors (Lipinski definition) is 0. The summed E-state index contributed by atoms with van der Waals surface area (Å²) in [7, 11) is 10.2. The molecule has 0 atom stereocenters. The molecule has 0 aliphatic carbocycles. The van der Waals surface area contributed by atoms with Gasteiger partial charge in [-0.15, -0.1) is 82.2 Å². The van der Waals surface area contributed by atoms with Crippen molar-refractivity contribution < 1.29 is 15.3 Å². The van der Waals surface area contributed by atoms with Crippen LogP contribution in [0, 0.1) is 0 Å². The molecule has 0 saturated heterocycles. The minimum absolute atomic E-state index is 1.23. The third-order valence-electron chi connectivity index (χ3n) is 5.14. The molecule has 3 heteroatoms. The van der Waals surface area contributed by atoms with Crippen LogP contribution in [0.5, 0.6) is 0 Å². The fourth-order valence-corrected chi connectivity index (χ4v) is 3.60. The van der Waals surface area contributed by atoms with Crippen molar-refractivity contribution >= 4 is 45.0 Å². The summed E-state index contributed by atoms with van der Waals surface area (Å²) in [6.07, 6.45) is 7.61. The number of fused-ring (bicyclic) bond motifs is 2. The zero-order valence-corrected chi connectivity index (χ0v) is 21.2. The third kappa shape index (κ3) is 8.16. The molecule has 0 radical (unpaired) electrons. The molecule has 0 unspecified atom stereocenters. The van der Waals surface area contributed by atoms with Gasteiger partial charge in [-0.3, -0.25) is 0 Å². The van der Waals surface area contributed by atoms with Crippen LogP contribution in [0.15, 0.2) is 72.8 Å². The Labute approximate surface area is 195 Å². The Kier molecular flexibility index (Phi) is 11.7. The Morgan fingerprint density at radius 2 is 1.10 bits per heavy atom. The average molecular weight is 475 g/mol. The molecule has 0 fully saturated rings. The summed E-state index contributed by atoms with van der Waals surface area (Å²) in [5.41, 5.74) is 3.02. The van der Waals surface area contributed by atoms with E-state index in [4.69, 9.17) is 18.6 Å². The molecular weight excluding hydrogens is 443 g/mol. The summed E-state index contributed by atoms with van der Waals surface area (Å²) in [6.45, 7) is 4.48. The van der Waals surface area contributed by atoms with Crippen LogP contribution in [-0.4, -0.2) is 4.82 Å². The van der Waals surface area contributed by atoms with E-state index in [2.05, 4.69) is 91.5 Å². The number of halogens is 2. The van der Waals surface area contributed by atoms with E-state index in [0.717, 1.165) is 0 Å². The van der Waals surface area contributed by atoms with E-state index in [-0.39, 0.29) is 0 Å². The van der Waals surface area contributed by atoms with Gasteiger partial charge in [0, 0.05) is 0 Å². The van der Waals surface area contributed by atoms with Gasteiger partial charge in [0.05, 0.1) is 0 Å². The van der Waals surface area contributed by atoms with Gasteiger partial charge in [0.2, 0.25) is 0 Å². The fraction of sp³-hybridized carbons (Fsp3) is 0.296. The Balaban J connectivity index is 0.000000182. The molecule has 0 spiro atoms. The topological polar surface area (TPSA) is 0 Å². The second-order valence-corrected chi connectivity index (χ2v) is 13.1. The van der Waals surface area contributed by atoms with E-state index in [1.807, 2.05) is 0 Å². The Bertz CT molecular complexity index is 943. The molecule has 0 aliphatic heterocycles. The van der Waals surface area contributed by atoms with Gasteiger partial charge in [-0.1, -0.05) is 64.5 Å². The van der Waals surface area contributed by atoms with E-state index < -0.39 is 15.3 Å². The van der Waals surface area contributed by atoms with Gasteiger partial charge in [0.1, 0.15) is 0 Å².